The van der Waals surface area contributed by atoms with E-state index >= 15 is 0 Å². The van der Waals surface area contributed by atoms with Crippen molar-refractivity contribution in [3.63, 3.8) is 0 Å². The normalized spacial score (nSPS) is 15.7. The smallest absolute Gasteiger partial charge is 0.191 e. The molecule has 1 aromatic carbocycles. The van der Waals surface area contributed by atoms with Crippen molar-refractivity contribution in [3.8, 4) is 17.1 Å². The zero-order valence-corrected chi connectivity index (χ0v) is 16.9. The molecule has 0 saturated heterocycles. The maximum absolute atomic E-state index is 4.59. The second kappa shape index (κ2) is 7.44. The van der Waals surface area contributed by atoms with Crippen molar-refractivity contribution in [2.45, 2.75) is 23.3 Å². The summed E-state index contributed by atoms with van der Waals surface area (Å²) in [5.41, 5.74) is 3.41. The van der Waals surface area contributed by atoms with Gasteiger partial charge in [0.2, 0.25) is 0 Å². The largest absolute Gasteiger partial charge is 0.297 e. The number of hydrogen-bond donors (Lipinski definition) is 0. The summed E-state index contributed by atoms with van der Waals surface area (Å²) >= 11 is 3.53. The summed E-state index contributed by atoms with van der Waals surface area (Å²) in [5.74, 6) is 2.80. The molecule has 0 saturated carbocycles. The fraction of sp³-hybridized carbons (Fsp3) is 0.200. The van der Waals surface area contributed by atoms with E-state index in [4.69, 9.17) is 0 Å². The van der Waals surface area contributed by atoms with Crippen LogP contribution in [0.15, 0.2) is 71.5 Å². The number of aromatic nitrogens is 6. The van der Waals surface area contributed by atoms with E-state index in [2.05, 4.69) is 60.5 Å². The molecule has 6 nitrogen and oxygen atoms in total. The molecule has 0 fully saturated rings. The third-order valence-electron chi connectivity index (χ3n) is 4.74. The lowest BCUT2D eigenvalue weighted by molar-refractivity contribution is 0.596. The molecule has 0 spiro atoms. The summed E-state index contributed by atoms with van der Waals surface area (Å²) in [7, 11) is 0. The van der Waals surface area contributed by atoms with Gasteiger partial charge in [0.05, 0.1) is 11.7 Å². The third-order valence-corrected chi connectivity index (χ3v) is 6.94. The van der Waals surface area contributed by atoms with Gasteiger partial charge in [0.25, 0.3) is 0 Å². The highest BCUT2D eigenvalue weighted by Crippen LogP contribution is 2.38. The van der Waals surface area contributed by atoms with E-state index in [-0.39, 0.29) is 0 Å². The lowest BCUT2D eigenvalue weighted by Crippen LogP contribution is -2.12. The number of para-hydroxylation sites is 1. The van der Waals surface area contributed by atoms with Gasteiger partial charge >= 0.3 is 0 Å². The van der Waals surface area contributed by atoms with Gasteiger partial charge in [-0.1, -0.05) is 41.7 Å². The molecule has 0 bridgehead atoms. The van der Waals surface area contributed by atoms with Crippen LogP contribution >= 0.6 is 23.5 Å². The molecular weight excluding hydrogens is 388 g/mol. The van der Waals surface area contributed by atoms with Gasteiger partial charge in [-0.05, 0) is 30.7 Å². The Bertz CT molecular complexity index is 1100. The average Bonchev–Trinajstić information content (AvgIpc) is 3.44. The lowest BCUT2D eigenvalue weighted by Gasteiger charge is -2.15. The summed E-state index contributed by atoms with van der Waals surface area (Å²) in [6, 6.07) is 12.7. The highest BCUT2D eigenvalue weighted by molar-refractivity contribution is 8.00. The van der Waals surface area contributed by atoms with Crippen LogP contribution in [-0.2, 0) is 0 Å². The van der Waals surface area contributed by atoms with E-state index in [0.717, 1.165) is 33.2 Å². The summed E-state index contributed by atoms with van der Waals surface area (Å²) < 4.78 is 4.41. The number of thioether (sulfide) groups is 2. The van der Waals surface area contributed by atoms with Crippen LogP contribution in [-0.4, -0.2) is 40.8 Å². The molecule has 0 amide bonds. The molecule has 4 heterocycles. The van der Waals surface area contributed by atoms with Crippen molar-refractivity contribution >= 4 is 23.5 Å². The number of rotatable bonds is 5. The third kappa shape index (κ3) is 3.12. The minimum Gasteiger partial charge on any atom is -0.297 e. The molecule has 1 aliphatic heterocycles. The maximum atomic E-state index is 4.59. The van der Waals surface area contributed by atoms with Crippen LogP contribution < -0.4 is 0 Å². The topological polar surface area (TPSA) is 61.4 Å². The first-order valence-corrected chi connectivity index (χ1v) is 11.0. The fourth-order valence-electron chi connectivity index (χ4n) is 3.35. The van der Waals surface area contributed by atoms with Crippen molar-refractivity contribution in [1.82, 2.24) is 29.3 Å². The standard InChI is InChI=1S/C20H18N6S2/c1-14-5-2-3-7-17(14)25-10-9-22-19(25)27-12-16-13-28-20-24-23-18(26(16)20)15-6-4-8-21-11-15/h2-11,16H,12-13H2,1H3. The molecule has 0 radical (unpaired) electrons. The van der Waals surface area contributed by atoms with Crippen molar-refractivity contribution in [2.24, 2.45) is 0 Å². The number of aryl methyl sites for hydroxylation is 1. The van der Waals surface area contributed by atoms with Gasteiger partial charge in [-0.3, -0.25) is 14.1 Å². The number of fused-ring (bicyclic) bond motifs is 1. The van der Waals surface area contributed by atoms with Gasteiger partial charge in [-0.2, -0.15) is 0 Å². The quantitative estimate of drug-likeness (QED) is 0.461. The maximum Gasteiger partial charge on any atom is 0.191 e. The molecule has 0 aliphatic carbocycles. The summed E-state index contributed by atoms with van der Waals surface area (Å²) in [5, 5.41) is 10.7. The number of pyridine rings is 1. The summed E-state index contributed by atoms with van der Waals surface area (Å²) in [4.78, 5) is 8.81. The van der Waals surface area contributed by atoms with Gasteiger partial charge < -0.3 is 0 Å². The minimum atomic E-state index is 0.317. The van der Waals surface area contributed by atoms with Gasteiger partial charge in [-0.25, -0.2) is 4.98 Å². The van der Waals surface area contributed by atoms with Crippen molar-refractivity contribution in [2.75, 3.05) is 11.5 Å². The van der Waals surface area contributed by atoms with E-state index in [1.807, 2.05) is 30.7 Å². The summed E-state index contributed by atoms with van der Waals surface area (Å²) in [6.07, 6.45) is 7.51. The molecule has 28 heavy (non-hydrogen) atoms. The number of imidazole rings is 1. The Morgan fingerprint density at radius 2 is 2.07 bits per heavy atom. The van der Waals surface area contributed by atoms with E-state index in [1.165, 1.54) is 11.3 Å². The van der Waals surface area contributed by atoms with Crippen molar-refractivity contribution in [1.29, 1.82) is 0 Å². The first-order chi connectivity index (χ1) is 13.8. The lowest BCUT2D eigenvalue weighted by atomic mass is 10.2. The number of benzene rings is 1. The first-order valence-electron chi connectivity index (χ1n) is 9.01. The van der Waals surface area contributed by atoms with E-state index in [0.29, 0.717) is 6.04 Å². The second-order valence-electron chi connectivity index (χ2n) is 6.56. The monoisotopic (exact) mass is 406 g/mol. The van der Waals surface area contributed by atoms with Gasteiger partial charge in [0, 0.05) is 41.9 Å². The molecular formula is C20H18N6S2. The Balaban J connectivity index is 1.39. The van der Waals surface area contributed by atoms with Gasteiger partial charge in [0.1, 0.15) is 0 Å². The number of hydrogen-bond acceptors (Lipinski definition) is 6. The Kier molecular flexibility index (Phi) is 4.66. The average molecular weight is 407 g/mol. The molecule has 4 aromatic rings. The molecule has 1 atom stereocenters. The molecule has 140 valence electrons. The highest BCUT2D eigenvalue weighted by Gasteiger charge is 2.29. The molecule has 1 unspecified atom stereocenters. The fourth-order valence-corrected chi connectivity index (χ4v) is 5.62. The van der Waals surface area contributed by atoms with Crippen molar-refractivity contribution in [3.05, 3.63) is 66.7 Å². The predicted octanol–water partition coefficient (Wildman–Crippen LogP) is 4.27. The van der Waals surface area contributed by atoms with E-state index in [1.54, 1.807) is 29.7 Å². The van der Waals surface area contributed by atoms with Crippen LogP contribution in [0.1, 0.15) is 11.6 Å². The van der Waals surface area contributed by atoms with E-state index < -0.39 is 0 Å². The van der Waals surface area contributed by atoms with Crippen LogP contribution in [0, 0.1) is 6.92 Å². The predicted molar refractivity (Wildman–Crippen MR) is 112 cm³/mol. The minimum absolute atomic E-state index is 0.317. The first kappa shape index (κ1) is 17.5. The molecule has 8 heteroatoms. The molecule has 3 aromatic heterocycles. The zero-order valence-electron chi connectivity index (χ0n) is 15.3. The van der Waals surface area contributed by atoms with Gasteiger partial charge in [0.15, 0.2) is 16.1 Å². The molecule has 1 aliphatic rings. The molecule has 5 rings (SSSR count). The van der Waals surface area contributed by atoms with Crippen LogP contribution in [0.2, 0.25) is 0 Å². The number of nitrogens with zero attached hydrogens (tertiary/aromatic N) is 6. The van der Waals surface area contributed by atoms with Crippen LogP contribution in [0.4, 0.5) is 0 Å². The summed E-state index contributed by atoms with van der Waals surface area (Å²) in [6.45, 7) is 2.13. The highest BCUT2D eigenvalue weighted by atomic mass is 32.2. The van der Waals surface area contributed by atoms with E-state index in [9.17, 15) is 0 Å². The van der Waals surface area contributed by atoms with Crippen molar-refractivity contribution < 1.29 is 0 Å². The van der Waals surface area contributed by atoms with Crippen LogP contribution in [0.3, 0.4) is 0 Å². The Morgan fingerprint density at radius 3 is 2.93 bits per heavy atom. The second-order valence-corrected chi connectivity index (χ2v) is 8.53. The Hall–Kier alpha value is -2.58. The zero-order chi connectivity index (χ0) is 18.9. The van der Waals surface area contributed by atoms with Crippen LogP contribution in [0.25, 0.3) is 17.1 Å². The van der Waals surface area contributed by atoms with Crippen LogP contribution in [0.5, 0.6) is 0 Å². The SMILES string of the molecule is Cc1ccccc1-n1ccnc1SCC1CSc2nnc(-c3cccnc3)n21. The molecule has 0 N–H and O–H groups in total. The van der Waals surface area contributed by atoms with Gasteiger partial charge in [-0.15, -0.1) is 10.2 Å². The Labute approximate surface area is 171 Å². The Morgan fingerprint density at radius 1 is 1.14 bits per heavy atom.